The van der Waals surface area contributed by atoms with Gasteiger partial charge in [-0.3, -0.25) is 9.78 Å². The molecule has 1 aliphatic heterocycles. The second-order valence-corrected chi connectivity index (χ2v) is 6.30. The van der Waals surface area contributed by atoms with Gasteiger partial charge in [0.1, 0.15) is 5.82 Å². The molecule has 2 aromatic rings. The summed E-state index contributed by atoms with van der Waals surface area (Å²) in [6.07, 6.45) is 0.0638. The van der Waals surface area contributed by atoms with E-state index in [-0.39, 0.29) is 23.9 Å². The van der Waals surface area contributed by atoms with Gasteiger partial charge in [0.15, 0.2) is 0 Å². The number of pyridine rings is 1. The van der Waals surface area contributed by atoms with Crippen molar-refractivity contribution in [3.05, 3.63) is 53.5 Å². The lowest BCUT2D eigenvalue weighted by Crippen LogP contribution is -2.48. The van der Waals surface area contributed by atoms with E-state index < -0.39 is 0 Å². The van der Waals surface area contributed by atoms with Crippen molar-refractivity contribution in [2.75, 3.05) is 13.1 Å². The molecular formula is C19H21FN2O2. The van der Waals surface area contributed by atoms with Gasteiger partial charge in [0.05, 0.1) is 29.2 Å². The molecule has 0 aliphatic carbocycles. The summed E-state index contributed by atoms with van der Waals surface area (Å²) in [6, 6.07) is 9.78. The summed E-state index contributed by atoms with van der Waals surface area (Å²) in [5.41, 5.74) is 2.83. The molecule has 1 aromatic heterocycles. The molecule has 0 saturated carbocycles. The Morgan fingerprint density at radius 3 is 2.33 bits per heavy atom. The van der Waals surface area contributed by atoms with E-state index in [1.54, 1.807) is 24.3 Å². The van der Waals surface area contributed by atoms with Crippen molar-refractivity contribution in [1.29, 1.82) is 0 Å². The van der Waals surface area contributed by atoms with Gasteiger partial charge in [-0.15, -0.1) is 0 Å². The highest BCUT2D eigenvalue weighted by Gasteiger charge is 2.27. The molecule has 0 N–H and O–H groups in total. The summed E-state index contributed by atoms with van der Waals surface area (Å²) < 4.78 is 18.7. The van der Waals surface area contributed by atoms with Crippen LogP contribution in [-0.4, -0.2) is 41.1 Å². The first-order valence-corrected chi connectivity index (χ1v) is 8.12. The molecular weight excluding hydrogens is 307 g/mol. The van der Waals surface area contributed by atoms with Crippen LogP contribution in [0.3, 0.4) is 0 Å². The second kappa shape index (κ2) is 6.69. The van der Waals surface area contributed by atoms with Crippen LogP contribution in [-0.2, 0) is 4.74 Å². The molecule has 5 heteroatoms. The minimum absolute atomic E-state index is 0.0207. The van der Waals surface area contributed by atoms with Gasteiger partial charge in [-0.05, 0) is 57.2 Å². The summed E-state index contributed by atoms with van der Waals surface area (Å²) in [5.74, 6) is -0.300. The van der Waals surface area contributed by atoms with E-state index in [9.17, 15) is 9.18 Å². The number of carbonyl (C=O) groups excluding carboxylic acids is 1. The summed E-state index contributed by atoms with van der Waals surface area (Å²) >= 11 is 0. The maximum absolute atomic E-state index is 13.0. The lowest BCUT2D eigenvalue weighted by Gasteiger charge is -2.35. The fourth-order valence-corrected chi connectivity index (χ4v) is 3.08. The van der Waals surface area contributed by atoms with Crippen molar-refractivity contribution in [2.24, 2.45) is 0 Å². The summed E-state index contributed by atoms with van der Waals surface area (Å²) in [6.45, 7) is 6.94. The first-order valence-electron chi connectivity index (χ1n) is 8.12. The number of aryl methyl sites for hydroxylation is 1. The van der Waals surface area contributed by atoms with E-state index in [0.29, 0.717) is 24.3 Å². The van der Waals surface area contributed by atoms with Gasteiger partial charge in [0.2, 0.25) is 0 Å². The Hall–Kier alpha value is -2.27. The van der Waals surface area contributed by atoms with E-state index in [4.69, 9.17) is 4.74 Å². The second-order valence-electron chi connectivity index (χ2n) is 6.30. The third-order valence-corrected chi connectivity index (χ3v) is 4.16. The quantitative estimate of drug-likeness (QED) is 0.848. The highest BCUT2D eigenvalue weighted by molar-refractivity contribution is 5.95. The van der Waals surface area contributed by atoms with Crippen LogP contribution in [0.4, 0.5) is 4.39 Å². The lowest BCUT2D eigenvalue weighted by molar-refractivity contribution is -0.0586. The fraction of sp³-hybridized carbons (Fsp3) is 0.368. The molecule has 126 valence electrons. The minimum Gasteiger partial charge on any atom is -0.372 e. The normalized spacial score (nSPS) is 20.9. The zero-order valence-corrected chi connectivity index (χ0v) is 14.1. The molecule has 2 unspecified atom stereocenters. The molecule has 1 aliphatic rings. The van der Waals surface area contributed by atoms with Gasteiger partial charge in [-0.2, -0.15) is 0 Å². The van der Waals surface area contributed by atoms with Crippen molar-refractivity contribution < 1.29 is 13.9 Å². The lowest BCUT2D eigenvalue weighted by atomic mass is 10.1. The number of hydrogen-bond acceptors (Lipinski definition) is 3. The third kappa shape index (κ3) is 3.46. The Labute approximate surface area is 141 Å². The molecule has 0 radical (unpaired) electrons. The van der Waals surface area contributed by atoms with Crippen LogP contribution >= 0.6 is 0 Å². The van der Waals surface area contributed by atoms with Crippen molar-refractivity contribution in [2.45, 2.75) is 33.0 Å². The molecule has 3 rings (SSSR count). The number of benzene rings is 1. The molecule has 0 bridgehead atoms. The van der Waals surface area contributed by atoms with Crippen LogP contribution in [0.5, 0.6) is 0 Å². The number of nitrogens with zero attached hydrogens (tertiary/aromatic N) is 2. The smallest absolute Gasteiger partial charge is 0.255 e. The van der Waals surface area contributed by atoms with Crippen molar-refractivity contribution in [3.8, 4) is 11.3 Å². The standard InChI is InChI=1S/C19H21FN2O2/c1-12-10-22(11-13(2)24-12)19(23)17-8-9-18(21-14(17)3)15-4-6-16(20)7-5-15/h4-9,12-13H,10-11H2,1-3H3. The largest absolute Gasteiger partial charge is 0.372 e. The van der Waals surface area contributed by atoms with E-state index in [2.05, 4.69) is 4.98 Å². The molecule has 4 nitrogen and oxygen atoms in total. The topological polar surface area (TPSA) is 42.4 Å². The Morgan fingerprint density at radius 2 is 1.75 bits per heavy atom. The predicted octanol–water partition coefficient (Wildman–Crippen LogP) is 3.45. The van der Waals surface area contributed by atoms with Crippen LogP contribution in [0.15, 0.2) is 36.4 Å². The van der Waals surface area contributed by atoms with Crippen molar-refractivity contribution >= 4 is 5.91 Å². The monoisotopic (exact) mass is 328 g/mol. The van der Waals surface area contributed by atoms with Crippen LogP contribution in [0.25, 0.3) is 11.3 Å². The van der Waals surface area contributed by atoms with Gasteiger partial charge >= 0.3 is 0 Å². The molecule has 2 atom stereocenters. The number of halogens is 1. The molecule has 24 heavy (non-hydrogen) atoms. The number of amides is 1. The molecule has 0 spiro atoms. The number of ether oxygens (including phenoxy) is 1. The zero-order chi connectivity index (χ0) is 17.3. The van der Waals surface area contributed by atoms with Gasteiger partial charge in [0.25, 0.3) is 5.91 Å². The van der Waals surface area contributed by atoms with E-state index in [0.717, 1.165) is 11.3 Å². The molecule has 1 fully saturated rings. The summed E-state index contributed by atoms with van der Waals surface area (Å²) in [7, 11) is 0. The van der Waals surface area contributed by atoms with Crippen LogP contribution in [0.1, 0.15) is 29.9 Å². The molecule has 2 heterocycles. The minimum atomic E-state index is -0.280. The number of carbonyl (C=O) groups is 1. The highest BCUT2D eigenvalue weighted by Crippen LogP contribution is 2.21. The van der Waals surface area contributed by atoms with Crippen LogP contribution in [0.2, 0.25) is 0 Å². The van der Waals surface area contributed by atoms with Crippen LogP contribution < -0.4 is 0 Å². The first kappa shape index (κ1) is 16.6. The van der Waals surface area contributed by atoms with E-state index in [1.165, 1.54) is 12.1 Å². The maximum atomic E-state index is 13.0. The maximum Gasteiger partial charge on any atom is 0.255 e. The summed E-state index contributed by atoms with van der Waals surface area (Å²) in [4.78, 5) is 19.1. The summed E-state index contributed by atoms with van der Waals surface area (Å²) in [5, 5.41) is 0. The Morgan fingerprint density at radius 1 is 1.12 bits per heavy atom. The Balaban J connectivity index is 1.84. The van der Waals surface area contributed by atoms with Gasteiger partial charge in [-0.1, -0.05) is 0 Å². The average Bonchev–Trinajstić information content (AvgIpc) is 2.54. The van der Waals surface area contributed by atoms with Crippen LogP contribution in [0, 0.1) is 12.7 Å². The SMILES string of the molecule is Cc1nc(-c2ccc(F)cc2)ccc1C(=O)N1CC(C)OC(C)C1. The molecule has 1 saturated heterocycles. The zero-order valence-electron chi connectivity index (χ0n) is 14.1. The third-order valence-electron chi connectivity index (χ3n) is 4.16. The van der Waals surface area contributed by atoms with E-state index >= 15 is 0 Å². The molecule has 1 aromatic carbocycles. The highest BCUT2D eigenvalue weighted by atomic mass is 19.1. The Kier molecular flexibility index (Phi) is 4.62. The number of rotatable bonds is 2. The van der Waals surface area contributed by atoms with Gasteiger partial charge < -0.3 is 9.64 Å². The van der Waals surface area contributed by atoms with Gasteiger partial charge in [0, 0.05) is 18.7 Å². The first-order chi connectivity index (χ1) is 11.4. The average molecular weight is 328 g/mol. The number of hydrogen-bond donors (Lipinski definition) is 0. The fourth-order valence-electron chi connectivity index (χ4n) is 3.08. The van der Waals surface area contributed by atoms with E-state index in [1.807, 2.05) is 25.7 Å². The van der Waals surface area contributed by atoms with Crippen molar-refractivity contribution in [3.63, 3.8) is 0 Å². The predicted molar refractivity (Wildman–Crippen MR) is 90.3 cm³/mol. The number of morpholine rings is 1. The molecule has 1 amide bonds. The van der Waals surface area contributed by atoms with Gasteiger partial charge in [-0.25, -0.2) is 4.39 Å². The Bertz CT molecular complexity index is 736. The number of aromatic nitrogens is 1. The van der Waals surface area contributed by atoms with Crippen molar-refractivity contribution in [1.82, 2.24) is 9.88 Å².